The predicted octanol–water partition coefficient (Wildman–Crippen LogP) is 2.27. The number of methoxy groups -OCH3 is 2. The average molecular weight is 441 g/mol. The van der Waals surface area contributed by atoms with Gasteiger partial charge in [-0.25, -0.2) is 9.59 Å². The summed E-state index contributed by atoms with van der Waals surface area (Å²) in [5.74, 6) is -1.70. The van der Waals surface area contributed by atoms with E-state index in [1.807, 2.05) is 31.2 Å². The van der Waals surface area contributed by atoms with E-state index in [1.165, 1.54) is 37.1 Å². The lowest BCUT2D eigenvalue weighted by Gasteiger charge is -2.11. The van der Waals surface area contributed by atoms with Crippen LogP contribution in [0.25, 0.3) is 5.69 Å². The lowest BCUT2D eigenvalue weighted by Crippen LogP contribution is -2.18. The van der Waals surface area contributed by atoms with Crippen molar-refractivity contribution in [1.29, 1.82) is 0 Å². The van der Waals surface area contributed by atoms with Gasteiger partial charge >= 0.3 is 11.9 Å². The molecule has 0 atom stereocenters. The molecule has 3 aromatic rings. The molecule has 160 valence electrons. The minimum Gasteiger partial charge on any atom is -0.465 e. The summed E-state index contributed by atoms with van der Waals surface area (Å²) in [6, 6.07) is 11.8. The molecule has 0 aliphatic carbocycles. The molecule has 1 heterocycles. The SMILES string of the molecule is COC(=O)c1ccc(C(=O)OC)c(NC(=O)CSc2nnnn2-c2ccc(C)cc2)c1. The van der Waals surface area contributed by atoms with Crippen LogP contribution in [0.2, 0.25) is 0 Å². The first-order chi connectivity index (χ1) is 14.9. The van der Waals surface area contributed by atoms with E-state index in [0.717, 1.165) is 23.0 Å². The molecule has 1 amide bonds. The number of carbonyl (C=O) groups excluding carboxylic acids is 3. The average Bonchev–Trinajstić information content (AvgIpc) is 3.25. The number of rotatable bonds is 7. The monoisotopic (exact) mass is 441 g/mol. The number of benzene rings is 2. The zero-order valence-electron chi connectivity index (χ0n) is 17.0. The van der Waals surface area contributed by atoms with Crippen molar-refractivity contribution in [3.63, 3.8) is 0 Å². The van der Waals surface area contributed by atoms with Gasteiger partial charge < -0.3 is 14.8 Å². The third-order valence-corrected chi connectivity index (χ3v) is 5.09. The van der Waals surface area contributed by atoms with E-state index in [-0.39, 0.29) is 22.6 Å². The second-order valence-corrected chi connectivity index (χ2v) is 7.23. The van der Waals surface area contributed by atoms with Crippen molar-refractivity contribution in [3.8, 4) is 5.69 Å². The normalized spacial score (nSPS) is 10.4. The van der Waals surface area contributed by atoms with E-state index in [4.69, 9.17) is 4.74 Å². The second kappa shape index (κ2) is 9.85. The number of tetrazole rings is 1. The minimum atomic E-state index is -0.650. The molecular formula is C20H19N5O5S. The number of carbonyl (C=O) groups is 3. The Balaban J connectivity index is 1.74. The maximum Gasteiger partial charge on any atom is 0.339 e. The fourth-order valence-corrected chi connectivity index (χ4v) is 3.30. The van der Waals surface area contributed by atoms with Crippen molar-refractivity contribution in [2.24, 2.45) is 0 Å². The van der Waals surface area contributed by atoms with Crippen molar-refractivity contribution in [2.45, 2.75) is 12.1 Å². The van der Waals surface area contributed by atoms with Gasteiger partial charge in [0.2, 0.25) is 11.1 Å². The van der Waals surface area contributed by atoms with Crippen LogP contribution in [-0.2, 0) is 14.3 Å². The molecule has 0 spiro atoms. The van der Waals surface area contributed by atoms with Gasteiger partial charge in [-0.3, -0.25) is 4.79 Å². The second-order valence-electron chi connectivity index (χ2n) is 6.29. The van der Waals surface area contributed by atoms with Crippen LogP contribution >= 0.6 is 11.8 Å². The van der Waals surface area contributed by atoms with Crippen LogP contribution in [0.4, 0.5) is 5.69 Å². The van der Waals surface area contributed by atoms with E-state index in [0.29, 0.717) is 5.16 Å². The Morgan fingerprint density at radius 3 is 2.42 bits per heavy atom. The van der Waals surface area contributed by atoms with Gasteiger partial charge in [-0.2, -0.15) is 4.68 Å². The Hall–Kier alpha value is -3.73. The Morgan fingerprint density at radius 2 is 1.74 bits per heavy atom. The van der Waals surface area contributed by atoms with E-state index < -0.39 is 17.8 Å². The standard InChI is InChI=1S/C20H19N5O5S/c1-12-4-7-14(8-5-12)25-20(22-23-24-25)31-11-17(26)21-16-10-13(18(27)29-2)6-9-15(16)19(28)30-3/h4-10H,11H2,1-3H3,(H,21,26). The van der Waals surface area contributed by atoms with E-state index in [9.17, 15) is 14.4 Å². The summed E-state index contributed by atoms with van der Waals surface area (Å²) in [7, 11) is 2.46. The number of esters is 2. The van der Waals surface area contributed by atoms with Gasteiger partial charge in [0.05, 0.1) is 42.5 Å². The number of amides is 1. The molecule has 0 fully saturated rings. The molecule has 2 aromatic carbocycles. The fourth-order valence-electron chi connectivity index (χ4n) is 2.61. The first-order valence-corrected chi connectivity index (χ1v) is 10.00. The van der Waals surface area contributed by atoms with Gasteiger partial charge in [-0.15, -0.1) is 5.10 Å². The Bertz CT molecular complexity index is 1110. The Kier molecular flexibility index (Phi) is 6.98. The van der Waals surface area contributed by atoms with Gasteiger partial charge in [-0.05, 0) is 47.7 Å². The van der Waals surface area contributed by atoms with Gasteiger partial charge in [0.15, 0.2) is 0 Å². The van der Waals surface area contributed by atoms with E-state index >= 15 is 0 Å². The molecule has 0 saturated carbocycles. The number of nitrogens with zero attached hydrogens (tertiary/aromatic N) is 4. The summed E-state index contributed by atoms with van der Waals surface area (Å²) in [5, 5.41) is 14.6. The summed E-state index contributed by atoms with van der Waals surface area (Å²) in [4.78, 5) is 36.3. The molecule has 0 unspecified atom stereocenters. The van der Waals surface area contributed by atoms with Crippen molar-refractivity contribution in [3.05, 3.63) is 59.2 Å². The zero-order chi connectivity index (χ0) is 22.4. The number of hydrogen-bond donors (Lipinski definition) is 1. The molecule has 0 radical (unpaired) electrons. The molecule has 3 rings (SSSR count). The smallest absolute Gasteiger partial charge is 0.339 e. The van der Waals surface area contributed by atoms with Crippen LogP contribution in [0.3, 0.4) is 0 Å². The molecule has 0 saturated heterocycles. The van der Waals surface area contributed by atoms with Crippen LogP contribution in [0.1, 0.15) is 26.3 Å². The Labute approximate surface area is 181 Å². The number of hydrogen-bond acceptors (Lipinski definition) is 9. The molecule has 1 aromatic heterocycles. The van der Waals surface area contributed by atoms with Crippen LogP contribution in [0.5, 0.6) is 0 Å². The first-order valence-electron chi connectivity index (χ1n) is 9.01. The van der Waals surface area contributed by atoms with Gasteiger partial charge in [0.1, 0.15) is 0 Å². The highest BCUT2D eigenvalue weighted by molar-refractivity contribution is 7.99. The molecule has 0 aliphatic rings. The number of ether oxygens (including phenoxy) is 2. The molecule has 31 heavy (non-hydrogen) atoms. The lowest BCUT2D eigenvalue weighted by atomic mass is 10.1. The topological polar surface area (TPSA) is 125 Å². The number of nitrogens with one attached hydrogen (secondary N) is 1. The summed E-state index contributed by atoms with van der Waals surface area (Å²) >= 11 is 1.12. The van der Waals surface area contributed by atoms with Crippen molar-refractivity contribution in [2.75, 3.05) is 25.3 Å². The molecule has 0 bridgehead atoms. The van der Waals surface area contributed by atoms with Crippen LogP contribution in [-0.4, -0.2) is 58.0 Å². The van der Waals surface area contributed by atoms with Crippen LogP contribution in [0, 0.1) is 6.92 Å². The van der Waals surface area contributed by atoms with E-state index in [2.05, 4.69) is 25.6 Å². The first kappa shape index (κ1) is 22.0. The van der Waals surface area contributed by atoms with Crippen LogP contribution in [0.15, 0.2) is 47.6 Å². The quantitative estimate of drug-likeness (QED) is 0.434. The highest BCUT2D eigenvalue weighted by Crippen LogP contribution is 2.22. The van der Waals surface area contributed by atoms with Crippen molar-refractivity contribution in [1.82, 2.24) is 20.2 Å². The van der Waals surface area contributed by atoms with E-state index in [1.54, 1.807) is 0 Å². The summed E-state index contributed by atoms with van der Waals surface area (Å²) in [5.41, 5.74) is 2.29. The molecular weight excluding hydrogens is 422 g/mol. The minimum absolute atomic E-state index is 0.0324. The number of aryl methyl sites for hydroxylation is 1. The molecule has 1 N–H and O–H groups in total. The maximum absolute atomic E-state index is 12.5. The summed E-state index contributed by atoms with van der Waals surface area (Å²) in [6.07, 6.45) is 0. The number of aromatic nitrogens is 4. The number of anilines is 1. The Morgan fingerprint density at radius 1 is 1.03 bits per heavy atom. The summed E-state index contributed by atoms with van der Waals surface area (Å²) < 4.78 is 10.9. The molecule has 10 nitrogen and oxygen atoms in total. The highest BCUT2D eigenvalue weighted by Gasteiger charge is 2.18. The van der Waals surface area contributed by atoms with Crippen LogP contribution < -0.4 is 5.32 Å². The molecule has 0 aliphatic heterocycles. The van der Waals surface area contributed by atoms with Crippen molar-refractivity contribution < 1.29 is 23.9 Å². The highest BCUT2D eigenvalue weighted by atomic mass is 32.2. The largest absolute Gasteiger partial charge is 0.465 e. The molecule has 11 heteroatoms. The fraction of sp³-hybridized carbons (Fsp3) is 0.200. The number of thioether (sulfide) groups is 1. The predicted molar refractivity (Wildman–Crippen MR) is 112 cm³/mol. The maximum atomic E-state index is 12.5. The van der Waals surface area contributed by atoms with Gasteiger partial charge in [0, 0.05) is 0 Å². The zero-order valence-corrected chi connectivity index (χ0v) is 17.8. The third kappa shape index (κ3) is 5.25. The summed E-state index contributed by atoms with van der Waals surface area (Å²) in [6.45, 7) is 1.97. The third-order valence-electron chi connectivity index (χ3n) is 4.17. The van der Waals surface area contributed by atoms with Gasteiger partial charge in [-0.1, -0.05) is 29.5 Å². The lowest BCUT2D eigenvalue weighted by molar-refractivity contribution is -0.113. The van der Waals surface area contributed by atoms with Gasteiger partial charge in [0.25, 0.3) is 0 Å². The van der Waals surface area contributed by atoms with Crippen molar-refractivity contribution >= 4 is 35.3 Å².